The molecule has 0 aliphatic carbocycles. The minimum absolute atomic E-state index is 0.0454. The number of nitrogens with one attached hydrogen (secondary N) is 1. The molecule has 0 aromatic heterocycles. The molecule has 0 heterocycles. The number of carbonyl (C=O) groups is 1. The van der Waals surface area contributed by atoms with E-state index in [1.807, 2.05) is 0 Å². The van der Waals surface area contributed by atoms with Crippen LogP contribution in [0, 0.1) is 12.7 Å². The number of hydrogen-bond acceptors (Lipinski definition) is 1. The molecule has 22 heavy (non-hydrogen) atoms. The lowest BCUT2D eigenvalue weighted by atomic mass is 10.1. The van der Waals surface area contributed by atoms with Gasteiger partial charge in [-0.25, -0.2) is 4.39 Å². The van der Waals surface area contributed by atoms with E-state index in [4.69, 9.17) is 0 Å². The second-order valence-electron chi connectivity index (χ2n) is 4.80. The van der Waals surface area contributed by atoms with E-state index in [1.54, 1.807) is 6.92 Å². The van der Waals surface area contributed by atoms with Crippen LogP contribution in [0.2, 0.25) is 0 Å². The van der Waals surface area contributed by atoms with Gasteiger partial charge in [-0.3, -0.25) is 4.79 Å². The monoisotopic (exact) mass is 311 g/mol. The van der Waals surface area contributed by atoms with Crippen LogP contribution in [0.3, 0.4) is 0 Å². The van der Waals surface area contributed by atoms with Gasteiger partial charge in [0.05, 0.1) is 5.56 Å². The maximum atomic E-state index is 13.4. The molecule has 0 fully saturated rings. The van der Waals surface area contributed by atoms with Gasteiger partial charge in [0.15, 0.2) is 0 Å². The average Bonchev–Trinajstić information content (AvgIpc) is 2.47. The second kappa shape index (κ2) is 6.17. The molecule has 0 spiro atoms. The fourth-order valence-corrected chi connectivity index (χ4v) is 1.96. The highest BCUT2D eigenvalue weighted by molar-refractivity contribution is 5.94. The molecule has 2 nitrogen and oxygen atoms in total. The molecular formula is C16H13F4NO. The molecule has 0 aliphatic heterocycles. The summed E-state index contributed by atoms with van der Waals surface area (Å²) in [5, 5.41) is 2.37. The Balaban J connectivity index is 2.13. The van der Waals surface area contributed by atoms with Crippen LogP contribution >= 0.6 is 0 Å². The highest BCUT2D eigenvalue weighted by Gasteiger charge is 2.32. The minimum Gasteiger partial charge on any atom is -0.348 e. The Morgan fingerprint density at radius 3 is 2.45 bits per heavy atom. The van der Waals surface area contributed by atoms with Crippen LogP contribution < -0.4 is 5.32 Å². The van der Waals surface area contributed by atoms with Gasteiger partial charge in [0.25, 0.3) is 5.91 Å². The molecule has 2 rings (SSSR count). The van der Waals surface area contributed by atoms with Crippen molar-refractivity contribution in [3.63, 3.8) is 0 Å². The average molecular weight is 311 g/mol. The zero-order valence-electron chi connectivity index (χ0n) is 11.7. The van der Waals surface area contributed by atoms with Crippen molar-refractivity contribution in [1.82, 2.24) is 5.32 Å². The molecule has 0 saturated carbocycles. The lowest BCUT2D eigenvalue weighted by Gasteiger charge is -2.13. The van der Waals surface area contributed by atoms with Crippen molar-refractivity contribution < 1.29 is 22.4 Å². The number of benzene rings is 2. The lowest BCUT2D eigenvalue weighted by Crippen LogP contribution is -2.24. The molecule has 0 bridgehead atoms. The van der Waals surface area contributed by atoms with E-state index in [2.05, 4.69) is 5.32 Å². The number of alkyl halides is 3. The fourth-order valence-electron chi connectivity index (χ4n) is 1.96. The molecule has 0 unspecified atom stereocenters. The summed E-state index contributed by atoms with van der Waals surface area (Å²) in [6, 6.07) is 8.90. The molecule has 1 N–H and O–H groups in total. The number of carbonyl (C=O) groups excluding carboxylic acids is 1. The van der Waals surface area contributed by atoms with E-state index in [0.29, 0.717) is 5.56 Å². The van der Waals surface area contributed by atoms with Crippen molar-refractivity contribution in [2.75, 3.05) is 0 Å². The second-order valence-corrected chi connectivity index (χ2v) is 4.80. The first kappa shape index (κ1) is 16.0. The molecule has 0 saturated heterocycles. The number of rotatable bonds is 3. The number of halogens is 4. The van der Waals surface area contributed by atoms with E-state index in [-0.39, 0.29) is 17.7 Å². The zero-order valence-corrected chi connectivity index (χ0v) is 11.7. The Kier molecular flexibility index (Phi) is 4.49. The van der Waals surface area contributed by atoms with Crippen LogP contribution in [-0.2, 0) is 12.7 Å². The summed E-state index contributed by atoms with van der Waals surface area (Å²) in [5.41, 5.74) is -0.395. The van der Waals surface area contributed by atoms with Crippen LogP contribution in [-0.4, -0.2) is 5.91 Å². The lowest BCUT2D eigenvalue weighted by molar-refractivity contribution is -0.138. The molecule has 0 aliphatic rings. The molecule has 2 aromatic carbocycles. The molecule has 2 aromatic rings. The summed E-state index contributed by atoms with van der Waals surface area (Å²) in [4.78, 5) is 11.9. The van der Waals surface area contributed by atoms with Gasteiger partial charge >= 0.3 is 6.18 Å². The molecule has 116 valence electrons. The van der Waals surface area contributed by atoms with Gasteiger partial charge in [0.2, 0.25) is 0 Å². The zero-order chi connectivity index (χ0) is 16.3. The van der Waals surface area contributed by atoms with Gasteiger partial charge in [-0.05, 0) is 36.2 Å². The largest absolute Gasteiger partial charge is 0.416 e. The van der Waals surface area contributed by atoms with Crippen LogP contribution in [0.4, 0.5) is 17.6 Å². The highest BCUT2D eigenvalue weighted by atomic mass is 19.4. The normalized spacial score (nSPS) is 11.3. The smallest absolute Gasteiger partial charge is 0.348 e. The first-order valence-corrected chi connectivity index (χ1v) is 6.48. The number of hydrogen-bond donors (Lipinski definition) is 1. The van der Waals surface area contributed by atoms with Gasteiger partial charge < -0.3 is 5.32 Å². The third-order valence-electron chi connectivity index (χ3n) is 3.20. The van der Waals surface area contributed by atoms with E-state index < -0.39 is 23.5 Å². The van der Waals surface area contributed by atoms with Crippen LogP contribution in [0.25, 0.3) is 0 Å². The van der Waals surface area contributed by atoms with Crippen LogP contribution in [0.15, 0.2) is 42.5 Å². The maximum absolute atomic E-state index is 13.4. The van der Waals surface area contributed by atoms with E-state index in [1.165, 1.54) is 30.3 Å². The Labute approximate surface area is 124 Å². The quantitative estimate of drug-likeness (QED) is 0.850. The van der Waals surface area contributed by atoms with Gasteiger partial charge in [-0.15, -0.1) is 0 Å². The topological polar surface area (TPSA) is 29.1 Å². The van der Waals surface area contributed by atoms with E-state index >= 15 is 0 Å². The summed E-state index contributed by atoms with van der Waals surface area (Å²) in [6.45, 7) is 1.26. The van der Waals surface area contributed by atoms with Crippen LogP contribution in [0.1, 0.15) is 27.0 Å². The van der Waals surface area contributed by atoms with Gasteiger partial charge in [-0.2, -0.15) is 13.2 Å². The van der Waals surface area contributed by atoms with Crippen molar-refractivity contribution in [2.24, 2.45) is 0 Å². The third kappa shape index (κ3) is 3.63. The first-order chi connectivity index (χ1) is 10.3. The van der Waals surface area contributed by atoms with Gasteiger partial charge in [0, 0.05) is 12.1 Å². The number of amides is 1. The van der Waals surface area contributed by atoms with Crippen LogP contribution in [0.5, 0.6) is 0 Å². The summed E-state index contributed by atoms with van der Waals surface area (Å²) in [6.07, 6.45) is -4.49. The minimum atomic E-state index is -4.49. The van der Waals surface area contributed by atoms with Gasteiger partial charge in [0.1, 0.15) is 5.82 Å². The molecule has 0 radical (unpaired) electrons. The highest BCUT2D eigenvalue weighted by Crippen LogP contribution is 2.31. The molecular weight excluding hydrogens is 298 g/mol. The molecule has 1 amide bonds. The van der Waals surface area contributed by atoms with E-state index in [9.17, 15) is 22.4 Å². The Bertz CT molecular complexity index is 695. The Morgan fingerprint density at radius 2 is 1.82 bits per heavy atom. The summed E-state index contributed by atoms with van der Waals surface area (Å²) < 4.78 is 51.9. The Hall–Kier alpha value is -2.37. The maximum Gasteiger partial charge on any atom is 0.416 e. The fraction of sp³-hybridized carbons (Fsp3) is 0.188. The SMILES string of the molecule is Cc1ccc(C(=O)NCc2ccccc2C(F)(F)F)cc1F. The number of aryl methyl sites for hydroxylation is 1. The van der Waals surface area contributed by atoms with Gasteiger partial charge in [-0.1, -0.05) is 24.3 Å². The standard InChI is InChI=1S/C16H13F4NO/c1-10-6-7-11(8-14(10)17)15(22)21-9-12-4-2-3-5-13(12)16(18,19)20/h2-8H,9H2,1H3,(H,21,22). The van der Waals surface area contributed by atoms with Crippen molar-refractivity contribution in [2.45, 2.75) is 19.6 Å². The Morgan fingerprint density at radius 1 is 1.14 bits per heavy atom. The summed E-state index contributed by atoms with van der Waals surface area (Å²) in [7, 11) is 0. The summed E-state index contributed by atoms with van der Waals surface area (Å²) in [5.74, 6) is -1.17. The summed E-state index contributed by atoms with van der Waals surface area (Å²) >= 11 is 0. The first-order valence-electron chi connectivity index (χ1n) is 6.48. The van der Waals surface area contributed by atoms with Crippen molar-refractivity contribution in [1.29, 1.82) is 0 Å². The van der Waals surface area contributed by atoms with Crippen molar-refractivity contribution in [3.8, 4) is 0 Å². The third-order valence-corrected chi connectivity index (χ3v) is 3.20. The van der Waals surface area contributed by atoms with E-state index in [0.717, 1.165) is 12.1 Å². The van der Waals surface area contributed by atoms with Crippen molar-refractivity contribution in [3.05, 3.63) is 70.5 Å². The predicted octanol–water partition coefficient (Wildman–Crippen LogP) is 4.08. The molecule has 6 heteroatoms. The predicted molar refractivity (Wildman–Crippen MR) is 73.8 cm³/mol. The van der Waals surface area contributed by atoms with Crippen molar-refractivity contribution >= 4 is 5.91 Å². The molecule has 0 atom stereocenters.